The van der Waals surface area contributed by atoms with Crippen LogP contribution in [0.4, 0.5) is 0 Å². The van der Waals surface area contributed by atoms with E-state index >= 15 is 0 Å². The van der Waals surface area contributed by atoms with E-state index in [-0.39, 0.29) is 0 Å². The van der Waals surface area contributed by atoms with Gasteiger partial charge in [-0.2, -0.15) is 0 Å². The highest BCUT2D eigenvalue weighted by molar-refractivity contribution is 9.09. The first-order valence-electron chi connectivity index (χ1n) is 4.86. The summed E-state index contributed by atoms with van der Waals surface area (Å²) in [5.41, 5.74) is 1.45. The summed E-state index contributed by atoms with van der Waals surface area (Å²) in [6.07, 6.45) is 2.44. The number of rotatable bonds is 4. The lowest BCUT2D eigenvalue weighted by Crippen LogP contribution is -2.04. The zero-order chi connectivity index (χ0) is 9.68. The molecule has 1 aromatic rings. The fraction of sp³-hybridized carbons (Fsp3) is 0.500. The normalized spacial score (nSPS) is 15.3. The number of hydrogen-bond acceptors (Lipinski definition) is 0. The molecule has 0 amide bonds. The van der Waals surface area contributed by atoms with Crippen molar-refractivity contribution >= 4 is 15.9 Å². The van der Waals surface area contributed by atoms with Gasteiger partial charge in [0, 0.05) is 4.83 Å². The molecule has 1 aromatic carbocycles. The first kappa shape index (κ1) is 10.8. The summed E-state index contributed by atoms with van der Waals surface area (Å²) in [7, 11) is 0. The molecule has 13 heavy (non-hydrogen) atoms. The molecule has 2 atom stereocenters. The predicted molar refractivity (Wildman–Crippen MR) is 62.3 cm³/mol. The van der Waals surface area contributed by atoms with Gasteiger partial charge in [-0.05, 0) is 24.3 Å². The van der Waals surface area contributed by atoms with Crippen LogP contribution in [0, 0.1) is 5.92 Å². The lowest BCUT2D eigenvalue weighted by atomic mass is 9.97. The molecule has 72 valence electrons. The van der Waals surface area contributed by atoms with Crippen molar-refractivity contribution < 1.29 is 0 Å². The Bertz CT molecular complexity index is 228. The fourth-order valence-corrected chi connectivity index (χ4v) is 2.29. The molecule has 0 saturated carbocycles. The molecule has 0 heterocycles. The number of alkyl halides is 1. The lowest BCUT2D eigenvalue weighted by Gasteiger charge is -2.12. The molecule has 1 rings (SSSR count). The van der Waals surface area contributed by atoms with Gasteiger partial charge in [0.2, 0.25) is 0 Å². The number of halogens is 1. The molecular formula is C12H17Br. The zero-order valence-electron chi connectivity index (χ0n) is 8.33. The molecule has 0 aromatic heterocycles. The molecule has 0 nitrogen and oxygen atoms in total. The van der Waals surface area contributed by atoms with Crippen molar-refractivity contribution in [3.8, 4) is 0 Å². The minimum absolute atomic E-state index is 0.631. The number of benzene rings is 1. The summed E-state index contributed by atoms with van der Waals surface area (Å²) in [5.74, 6) is 0.761. The van der Waals surface area contributed by atoms with Gasteiger partial charge in [-0.15, -0.1) is 0 Å². The van der Waals surface area contributed by atoms with Crippen LogP contribution in [-0.2, 0) is 6.42 Å². The summed E-state index contributed by atoms with van der Waals surface area (Å²) in [4.78, 5) is 0.631. The van der Waals surface area contributed by atoms with E-state index in [4.69, 9.17) is 0 Å². The number of hydrogen-bond donors (Lipinski definition) is 0. The van der Waals surface area contributed by atoms with Crippen LogP contribution in [0.2, 0.25) is 0 Å². The second-order valence-corrected chi connectivity index (χ2v) is 5.37. The molecule has 0 spiro atoms. The minimum Gasteiger partial charge on any atom is -0.0894 e. The summed E-state index contributed by atoms with van der Waals surface area (Å²) >= 11 is 3.59. The lowest BCUT2D eigenvalue weighted by molar-refractivity contribution is 0.533. The monoisotopic (exact) mass is 240 g/mol. The van der Waals surface area contributed by atoms with Crippen LogP contribution in [0.15, 0.2) is 30.3 Å². The zero-order valence-corrected chi connectivity index (χ0v) is 9.92. The van der Waals surface area contributed by atoms with Crippen LogP contribution in [0.25, 0.3) is 0 Å². The van der Waals surface area contributed by atoms with Gasteiger partial charge in [-0.1, -0.05) is 60.1 Å². The van der Waals surface area contributed by atoms with Crippen LogP contribution in [0.5, 0.6) is 0 Å². The second-order valence-electron chi connectivity index (χ2n) is 3.81. The van der Waals surface area contributed by atoms with Crippen LogP contribution < -0.4 is 0 Å². The van der Waals surface area contributed by atoms with Crippen molar-refractivity contribution in [2.75, 3.05) is 0 Å². The highest BCUT2D eigenvalue weighted by Gasteiger charge is 2.06. The van der Waals surface area contributed by atoms with E-state index in [1.54, 1.807) is 0 Å². The Morgan fingerprint density at radius 1 is 1.15 bits per heavy atom. The summed E-state index contributed by atoms with van der Waals surface area (Å²) < 4.78 is 0. The van der Waals surface area contributed by atoms with E-state index < -0.39 is 0 Å². The quantitative estimate of drug-likeness (QED) is 0.698. The van der Waals surface area contributed by atoms with Gasteiger partial charge in [0.05, 0.1) is 0 Å². The van der Waals surface area contributed by atoms with Crippen molar-refractivity contribution in [2.24, 2.45) is 5.92 Å². The molecule has 1 heteroatoms. The first-order valence-corrected chi connectivity index (χ1v) is 5.78. The van der Waals surface area contributed by atoms with Crippen molar-refractivity contribution in [3.63, 3.8) is 0 Å². The van der Waals surface area contributed by atoms with Crippen LogP contribution >= 0.6 is 15.9 Å². The summed E-state index contributed by atoms with van der Waals surface area (Å²) in [6.45, 7) is 4.52. The van der Waals surface area contributed by atoms with Crippen LogP contribution in [-0.4, -0.2) is 4.83 Å². The van der Waals surface area contributed by atoms with E-state index in [9.17, 15) is 0 Å². The topological polar surface area (TPSA) is 0 Å². The Balaban J connectivity index is 2.41. The molecule has 0 N–H and O–H groups in total. The largest absolute Gasteiger partial charge is 0.0894 e. The Labute approximate surface area is 89.5 Å². The van der Waals surface area contributed by atoms with Gasteiger partial charge in [0.15, 0.2) is 0 Å². The van der Waals surface area contributed by atoms with Crippen molar-refractivity contribution in [3.05, 3.63) is 35.9 Å². The maximum absolute atomic E-state index is 3.59. The molecular weight excluding hydrogens is 224 g/mol. The Kier molecular flexibility index (Phi) is 4.51. The van der Waals surface area contributed by atoms with E-state index in [2.05, 4.69) is 60.1 Å². The van der Waals surface area contributed by atoms with Gasteiger partial charge in [-0.3, -0.25) is 0 Å². The van der Waals surface area contributed by atoms with Crippen molar-refractivity contribution in [1.29, 1.82) is 0 Å². The molecule has 0 aliphatic carbocycles. The van der Waals surface area contributed by atoms with Gasteiger partial charge >= 0.3 is 0 Å². The molecule has 0 radical (unpaired) electrons. The minimum atomic E-state index is 0.631. The molecule has 0 bridgehead atoms. The molecule has 2 unspecified atom stereocenters. The predicted octanol–water partition coefficient (Wildman–Crippen LogP) is 4.04. The maximum Gasteiger partial charge on any atom is 0.0120 e. The van der Waals surface area contributed by atoms with E-state index in [0.29, 0.717) is 4.83 Å². The average molecular weight is 241 g/mol. The fourth-order valence-electron chi connectivity index (χ4n) is 1.65. The van der Waals surface area contributed by atoms with Gasteiger partial charge in [0.1, 0.15) is 0 Å². The SMILES string of the molecule is CC(Br)CC(C)Cc1ccccc1. The first-order chi connectivity index (χ1) is 6.18. The summed E-state index contributed by atoms with van der Waals surface area (Å²) in [5, 5.41) is 0. The van der Waals surface area contributed by atoms with Gasteiger partial charge in [0.25, 0.3) is 0 Å². The van der Waals surface area contributed by atoms with Crippen LogP contribution in [0.3, 0.4) is 0 Å². The molecule has 0 aliphatic rings. The smallest absolute Gasteiger partial charge is 0.0120 e. The van der Waals surface area contributed by atoms with E-state index in [1.807, 2.05) is 0 Å². The third-order valence-electron chi connectivity index (χ3n) is 2.15. The third kappa shape index (κ3) is 4.47. The Morgan fingerprint density at radius 3 is 2.31 bits per heavy atom. The Hall–Kier alpha value is -0.300. The average Bonchev–Trinajstić information content (AvgIpc) is 2.04. The Morgan fingerprint density at radius 2 is 1.77 bits per heavy atom. The van der Waals surface area contributed by atoms with Gasteiger partial charge in [-0.25, -0.2) is 0 Å². The van der Waals surface area contributed by atoms with Crippen molar-refractivity contribution in [2.45, 2.75) is 31.5 Å². The maximum atomic E-state index is 3.59. The molecule has 0 fully saturated rings. The van der Waals surface area contributed by atoms with Crippen molar-refractivity contribution in [1.82, 2.24) is 0 Å². The van der Waals surface area contributed by atoms with Gasteiger partial charge < -0.3 is 0 Å². The van der Waals surface area contributed by atoms with E-state index in [0.717, 1.165) is 5.92 Å². The second kappa shape index (κ2) is 5.43. The standard InChI is InChI=1S/C12H17Br/c1-10(8-11(2)13)9-12-6-4-3-5-7-12/h3-7,10-11H,8-9H2,1-2H3. The highest BCUT2D eigenvalue weighted by atomic mass is 79.9. The molecule has 0 aliphatic heterocycles. The third-order valence-corrected chi connectivity index (χ3v) is 2.53. The van der Waals surface area contributed by atoms with E-state index in [1.165, 1.54) is 18.4 Å². The highest BCUT2D eigenvalue weighted by Crippen LogP contribution is 2.16. The summed E-state index contributed by atoms with van der Waals surface area (Å²) in [6, 6.07) is 10.7. The van der Waals surface area contributed by atoms with Crippen LogP contribution in [0.1, 0.15) is 25.8 Å². The molecule has 0 saturated heterocycles.